The Balaban J connectivity index is 2.01. The Morgan fingerprint density at radius 2 is 1.20 bits per heavy atom. The number of rotatable bonds is 2. The van der Waals surface area contributed by atoms with E-state index in [-0.39, 0.29) is 0 Å². The summed E-state index contributed by atoms with van der Waals surface area (Å²) in [6.45, 7) is 3.60. The third kappa shape index (κ3) is 3.61. The molecule has 2 N–H and O–H groups in total. The van der Waals surface area contributed by atoms with E-state index in [1.54, 1.807) is 50.2 Å². The number of pyridine rings is 2. The van der Waals surface area contributed by atoms with Gasteiger partial charge >= 0.3 is 11.8 Å². The van der Waals surface area contributed by atoms with Crippen molar-refractivity contribution in [3.05, 3.63) is 47.8 Å². The van der Waals surface area contributed by atoms with Crippen LogP contribution in [0.15, 0.2) is 36.4 Å². The number of anilines is 2. The van der Waals surface area contributed by atoms with Gasteiger partial charge in [-0.2, -0.15) is 0 Å². The molecule has 0 aliphatic carbocycles. The molecule has 0 saturated heterocycles. The average molecular weight is 270 g/mol. The minimum absolute atomic E-state index is 0.336. The number of carbonyl (C=O) groups is 2. The van der Waals surface area contributed by atoms with Crippen molar-refractivity contribution in [3.8, 4) is 0 Å². The van der Waals surface area contributed by atoms with Crippen molar-refractivity contribution in [1.29, 1.82) is 0 Å². The minimum Gasteiger partial charge on any atom is -0.302 e. The fourth-order valence-corrected chi connectivity index (χ4v) is 1.57. The highest BCUT2D eigenvalue weighted by Gasteiger charge is 2.15. The predicted octanol–water partition coefficient (Wildman–Crippen LogP) is 1.67. The van der Waals surface area contributed by atoms with Gasteiger partial charge in [-0.15, -0.1) is 0 Å². The molecule has 20 heavy (non-hydrogen) atoms. The zero-order chi connectivity index (χ0) is 14.5. The fourth-order valence-electron chi connectivity index (χ4n) is 1.57. The maximum absolute atomic E-state index is 11.7. The molecule has 6 heteroatoms. The molecule has 0 radical (unpaired) electrons. The van der Waals surface area contributed by atoms with E-state index in [9.17, 15) is 9.59 Å². The van der Waals surface area contributed by atoms with E-state index in [2.05, 4.69) is 20.6 Å². The predicted molar refractivity (Wildman–Crippen MR) is 75.2 cm³/mol. The quantitative estimate of drug-likeness (QED) is 0.813. The first-order valence-corrected chi connectivity index (χ1v) is 6.04. The Hall–Kier alpha value is -2.76. The Kier molecular flexibility index (Phi) is 4.05. The molecule has 0 aliphatic rings. The molecule has 2 heterocycles. The molecule has 0 aromatic carbocycles. The smallest absolute Gasteiger partial charge is 0.302 e. The van der Waals surface area contributed by atoms with Gasteiger partial charge in [0.05, 0.1) is 0 Å². The van der Waals surface area contributed by atoms with Crippen molar-refractivity contribution >= 4 is 23.5 Å². The Bertz CT molecular complexity index is 598. The third-order valence-electron chi connectivity index (χ3n) is 2.47. The van der Waals surface area contributed by atoms with E-state index in [4.69, 9.17) is 0 Å². The van der Waals surface area contributed by atoms with Crippen molar-refractivity contribution < 1.29 is 9.59 Å². The first-order chi connectivity index (χ1) is 9.54. The molecule has 0 aliphatic heterocycles. The molecule has 0 atom stereocenters. The molecule has 0 unspecified atom stereocenters. The molecule has 2 aromatic rings. The van der Waals surface area contributed by atoms with Crippen LogP contribution in [-0.2, 0) is 9.59 Å². The molecular formula is C14H14N4O2. The molecule has 2 aromatic heterocycles. The van der Waals surface area contributed by atoms with Gasteiger partial charge in [-0.25, -0.2) is 9.97 Å². The van der Waals surface area contributed by atoms with Crippen LogP contribution < -0.4 is 10.6 Å². The maximum atomic E-state index is 11.7. The Labute approximate surface area is 116 Å². The zero-order valence-corrected chi connectivity index (χ0v) is 11.2. The Morgan fingerprint density at radius 1 is 0.800 bits per heavy atom. The topological polar surface area (TPSA) is 84.0 Å². The van der Waals surface area contributed by atoms with Crippen molar-refractivity contribution in [2.75, 3.05) is 10.6 Å². The first kappa shape index (κ1) is 13.7. The third-order valence-corrected chi connectivity index (χ3v) is 2.47. The van der Waals surface area contributed by atoms with Gasteiger partial charge < -0.3 is 10.6 Å². The van der Waals surface area contributed by atoms with Gasteiger partial charge in [-0.3, -0.25) is 9.59 Å². The normalized spacial score (nSPS) is 9.90. The summed E-state index contributed by atoms with van der Waals surface area (Å²) in [6, 6.07) is 10.3. The maximum Gasteiger partial charge on any atom is 0.315 e. The second-order valence-corrected chi connectivity index (χ2v) is 4.24. The summed E-state index contributed by atoms with van der Waals surface area (Å²) in [5.41, 5.74) is 1.51. The van der Waals surface area contributed by atoms with E-state index < -0.39 is 11.8 Å². The van der Waals surface area contributed by atoms with Crippen LogP contribution in [0, 0.1) is 13.8 Å². The van der Waals surface area contributed by atoms with Crippen molar-refractivity contribution in [2.45, 2.75) is 13.8 Å². The van der Waals surface area contributed by atoms with Crippen LogP contribution >= 0.6 is 0 Å². The monoisotopic (exact) mass is 270 g/mol. The van der Waals surface area contributed by atoms with Crippen LogP contribution in [0.3, 0.4) is 0 Å². The lowest BCUT2D eigenvalue weighted by Crippen LogP contribution is -2.29. The van der Waals surface area contributed by atoms with Crippen LogP contribution in [0.1, 0.15) is 11.4 Å². The number of nitrogens with zero attached hydrogens (tertiary/aromatic N) is 2. The van der Waals surface area contributed by atoms with Crippen LogP contribution in [0.5, 0.6) is 0 Å². The lowest BCUT2D eigenvalue weighted by Gasteiger charge is -2.06. The van der Waals surface area contributed by atoms with Crippen LogP contribution in [-0.4, -0.2) is 21.8 Å². The number of aromatic nitrogens is 2. The molecule has 6 nitrogen and oxygen atoms in total. The number of hydrogen-bond acceptors (Lipinski definition) is 4. The molecule has 0 fully saturated rings. The number of amides is 2. The van der Waals surface area contributed by atoms with Gasteiger partial charge in [0.15, 0.2) is 0 Å². The first-order valence-electron chi connectivity index (χ1n) is 6.04. The highest BCUT2D eigenvalue weighted by molar-refractivity contribution is 6.43. The summed E-state index contributed by atoms with van der Waals surface area (Å²) < 4.78 is 0. The number of carbonyl (C=O) groups excluding carboxylic acids is 2. The summed E-state index contributed by atoms with van der Waals surface area (Å²) >= 11 is 0. The lowest BCUT2D eigenvalue weighted by atomic mass is 10.3. The highest BCUT2D eigenvalue weighted by atomic mass is 16.2. The summed E-state index contributed by atoms with van der Waals surface area (Å²) in [5.74, 6) is -0.900. The molecule has 0 spiro atoms. The van der Waals surface area contributed by atoms with Gasteiger partial charge in [0.2, 0.25) is 0 Å². The van der Waals surface area contributed by atoms with E-state index in [0.717, 1.165) is 11.4 Å². The highest BCUT2D eigenvalue weighted by Crippen LogP contribution is 2.06. The fraction of sp³-hybridized carbons (Fsp3) is 0.143. The van der Waals surface area contributed by atoms with E-state index in [0.29, 0.717) is 11.6 Å². The standard InChI is InChI=1S/C14H14N4O2/c1-9-5-3-7-11(15-9)17-13(19)14(20)18-12-8-4-6-10(2)16-12/h3-8H,1-2H3,(H,15,17,19)(H,16,18,20). The van der Waals surface area contributed by atoms with Crippen molar-refractivity contribution in [1.82, 2.24) is 9.97 Å². The van der Waals surface area contributed by atoms with Crippen LogP contribution in [0.2, 0.25) is 0 Å². The van der Waals surface area contributed by atoms with Crippen LogP contribution in [0.4, 0.5) is 11.6 Å². The molecule has 0 bridgehead atoms. The van der Waals surface area contributed by atoms with Crippen molar-refractivity contribution in [3.63, 3.8) is 0 Å². The molecule has 0 saturated carbocycles. The van der Waals surface area contributed by atoms with Gasteiger partial charge in [-0.1, -0.05) is 12.1 Å². The summed E-state index contributed by atoms with van der Waals surface area (Å²) in [4.78, 5) is 31.6. The van der Waals surface area contributed by atoms with E-state index in [1.165, 1.54) is 0 Å². The molecule has 2 rings (SSSR count). The molecule has 2 amide bonds. The Morgan fingerprint density at radius 3 is 1.55 bits per heavy atom. The largest absolute Gasteiger partial charge is 0.315 e. The summed E-state index contributed by atoms with van der Waals surface area (Å²) in [5, 5.41) is 4.86. The second-order valence-electron chi connectivity index (χ2n) is 4.24. The zero-order valence-electron chi connectivity index (χ0n) is 11.2. The molecule has 102 valence electrons. The van der Waals surface area contributed by atoms with E-state index >= 15 is 0 Å². The second kappa shape index (κ2) is 5.92. The summed E-state index contributed by atoms with van der Waals surface area (Å²) in [7, 11) is 0. The minimum atomic E-state index is -0.786. The van der Waals surface area contributed by atoms with Gasteiger partial charge in [0, 0.05) is 11.4 Å². The van der Waals surface area contributed by atoms with E-state index in [1.807, 2.05) is 0 Å². The van der Waals surface area contributed by atoms with Gasteiger partial charge in [0.1, 0.15) is 11.6 Å². The van der Waals surface area contributed by atoms with Gasteiger partial charge in [0.25, 0.3) is 0 Å². The van der Waals surface area contributed by atoms with Crippen LogP contribution in [0.25, 0.3) is 0 Å². The molecular weight excluding hydrogens is 256 g/mol. The number of hydrogen-bond donors (Lipinski definition) is 2. The SMILES string of the molecule is Cc1cccc(NC(=O)C(=O)Nc2cccc(C)n2)n1. The lowest BCUT2D eigenvalue weighted by molar-refractivity contribution is -0.133. The number of aryl methyl sites for hydroxylation is 2. The number of nitrogens with one attached hydrogen (secondary N) is 2. The summed E-state index contributed by atoms with van der Waals surface area (Å²) in [6.07, 6.45) is 0. The average Bonchev–Trinajstić information content (AvgIpc) is 2.38. The van der Waals surface area contributed by atoms with Crippen molar-refractivity contribution in [2.24, 2.45) is 0 Å². The van der Waals surface area contributed by atoms with Gasteiger partial charge in [-0.05, 0) is 38.1 Å².